The number of aryl methyl sites for hydroxylation is 2. The Morgan fingerprint density at radius 2 is 1.91 bits per heavy atom. The van der Waals surface area contributed by atoms with E-state index in [-0.39, 0.29) is 23.6 Å². The van der Waals surface area contributed by atoms with Crippen molar-refractivity contribution in [3.63, 3.8) is 0 Å². The summed E-state index contributed by atoms with van der Waals surface area (Å²) in [6, 6.07) is 6.64. The van der Waals surface area contributed by atoms with Crippen molar-refractivity contribution >= 4 is 23.1 Å². The zero-order valence-electron chi connectivity index (χ0n) is 19.1. The number of imidazole rings is 1. The molecule has 1 atom stereocenters. The number of para-hydroxylation sites is 1. The van der Waals surface area contributed by atoms with Crippen molar-refractivity contribution in [2.45, 2.75) is 58.3 Å². The minimum atomic E-state index is -1.20. The Balaban J connectivity index is 1.57. The van der Waals surface area contributed by atoms with Gasteiger partial charge < -0.3 is 14.6 Å². The first kappa shape index (κ1) is 21.9. The predicted molar refractivity (Wildman–Crippen MR) is 123 cm³/mol. The van der Waals surface area contributed by atoms with E-state index in [0.29, 0.717) is 43.3 Å². The Labute approximate surface area is 194 Å². The van der Waals surface area contributed by atoms with Crippen LogP contribution in [0.4, 0.5) is 4.79 Å². The third-order valence-electron chi connectivity index (χ3n) is 6.57. The van der Waals surface area contributed by atoms with E-state index in [9.17, 15) is 19.2 Å². The second-order valence-electron chi connectivity index (χ2n) is 8.53. The van der Waals surface area contributed by atoms with Gasteiger partial charge in [0.25, 0.3) is 11.5 Å². The van der Waals surface area contributed by atoms with E-state index in [2.05, 4.69) is 15.3 Å². The molecule has 0 radical (unpaired) electrons. The second-order valence-corrected chi connectivity index (χ2v) is 8.53. The maximum absolute atomic E-state index is 13.6. The number of fused-ring (bicyclic) bond motifs is 3. The van der Waals surface area contributed by atoms with E-state index in [0.717, 1.165) is 17.7 Å². The predicted octanol–water partition coefficient (Wildman–Crippen LogP) is 1.44. The molecule has 0 bridgehead atoms. The fraction of sp³-hybridized carbons (Fsp3) is 0.435. The molecular weight excluding hydrogens is 440 g/mol. The van der Waals surface area contributed by atoms with Gasteiger partial charge in [0.15, 0.2) is 16.7 Å². The van der Waals surface area contributed by atoms with Gasteiger partial charge in [0.2, 0.25) is 0 Å². The van der Waals surface area contributed by atoms with Gasteiger partial charge in [0, 0.05) is 25.1 Å². The number of hydrogen-bond donors (Lipinski definition) is 2. The average molecular weight is 466 g/mol. The Kier molecular flexibility index (Phi) is 5.26. The Morgan fingerprint density at radius 3 is 2.68 bits per heavy atom. The van der Waals surface area contributed by atoms with Crippen molar-refractivity contribution in [2.24, 2.45) is 0 Å². The van der Waals surface area contributed by atoms with Crippen LogP contribution in [0.5, 0.6) is 5.75 Å². The van der Waals surface area contributed by atoms with Crippen molar-refractivity contribution in [2.75, 3.05) is 6.61 Å². The molecule has 3 amide bonds. The van der Waals surface area contributed by atoms with Gasteiger partial charge in [-0.05, 0) is 19.4 Å². The molecule has 0 aliphatic carbocycles. The molecule has 2 N–H and O–H groups in total. The van der Waals surface area contributed by atoms with Crippen LogP contribution in [0, 0.1) is 0 Å². The highest BCUT2D eigenvalue weighted by Crippen LogP contribution is 2.41. The number of H-pyrrole nitrogens is 1. The highest BCUT2D eigenvalue weighted by atomic mass is 16.5. The largest absolute Gasteiger partial charge is 0.493 e. The Morgan fingerprint density at radius 1 is 1.12 bits per heavy atom. The topological polar surface area (TPSA) is 131 Å². The standard InChI is InChI=1S/C23H26N6O5/c1-3-5-11-28-18-17(19(30)25-21(28)32)27(4-2)16(24-18)13-29-20(31)23(26-22(29)33)10-12-34-15-9-7-6-8-14(15)23/h6-9H,3-5,10-13H2,1-2H3,(H,26,33)(H,25,30,32). The first-order valence-corrected chi connectivity index (χ1v) is 11.5. The maximum atomic E-state index is 13.6. The van der Waals surface area contributed by atoms with E-state index in [1.54, 1.807) is 22.8 Å². The van der Waals surface area contributed by atoms with Gasteiger partial charge in [-0.25, -0.2) is 14.6 Å². The van der Waals surface area contributed by atoms with Crippen LogP contribution in [0.15, 0.2) is 33.9 Å². The van der Waals surface area contributed by atoms with Crippen LogP contribution in [-0.2, 0) is 30.0 Å². The molecule has 0 saturated carbocycles. The number of benzene rings is 1. The van der Waals surface area contributed by atoms with Crippen molar-refractivity contribution < 1.29 is 14.3 Å². The molecule has 11 nitrogen and oxygen atoms in total. The van der Waals surface area contributed by atoms with Gasteiger partial charge in [-0.3, -0.25) is 24.0 Å². The lowest BCUT2D eigenvalue weighted by molar-refractivity contribution is -0.133. The van der Waals surface area contributed by atoms with Gasteiger partial charge >= 0.3 is 11.7 Å². The molecule has 1 spiro atoms. The zero-order valence-corrected chi connectivity index (χ0v) is 19.1. The summed E-state index contributed by atoms with van der Waals surface area (Å²) in [5.41, 5.74) is -1.12. The van der Waals surface area contributed by atoms with E-state index in [1.807, 2.05) is 19.9 Å². The van der Waals surface area contributed by atoms with Crippen LogP contribution in [0.25, 0.3) is 11.2 Å². The van der Waals surface area contributed by atoms with Crippen LogP contribution in [0.3, 0.4) is 0 Å². The third-order valence-corrected chi connectivity index (χ3v) is 6.57. The van der Waals surface area contributed by atoms with Crippen molar-refractivity contribution in [3.05, 3.63) is 56.5 Å². The van der Waals surface area contributed by atoms with E-state index < -0.39 is 22.8 Å². The molecule has 2 aromatic heterocycles. The molecule has 34 heavy (non-hydrogen) atoms. The van der Waals surface area contributed by atoms with Gasteiger partial charge in [-0.1, -0.05) is 31.5 Å². The molecular formula is C23H26N6O5. The van der Waals surface area contributed by atoms with E-state index in [1.165, 1.54) is 4.57 Å². The smallest absolute Gasteiger partial charge is 0.330 e. The highest BCUT2D eigenvalue weighted by Gasteiger charge is 2.55. The highest BCUT2D eigenvalue weighted by molar-refractivity contribution is 6.07. The minimum Gasteiger partial charge on any atom is -0.493 e. The van der Waals surface area contributed by atoms with Crippen molar-refractivity contribution in [1.29, 1.82) is 0 Å². The van der Waals surface area contributed by atoms with Crippen LogP contribution >= 0.6 is 0 Å². The number of imide groups is 1. The number of carbonyl (C=O) groups is 2. The van der Waals surface area contributed by atoms with Crippen LogP contribution < -0.4 is 21.3 Å². The van der Waals surface area contributed by atoms with Crippen LogP contribution in [0.1, 0.15) is 44.5 Å². The summed E-state index contributed by atoms with van der Waals surface area (Å²) in [6.45, 7) is 4.81. The Bertz CT molecular complexity index is 1420. The number of aromatic nitrogens is 4. The van der Waals surface area contributed by atoms with Crippen molar-refractivity contribution in [1.82, 2.24) is 29.3 Å². The molecule has 4 heterocycles. The van der Waals surface area contributed by atoms with Gasteiger partial charge in [-0.15, -0.1) is 0 Å². The quantitative estimate of drug-likeness (QED) is 0.529. The van der Waals surface area contributed by atoms with Gasteiger partial charge in [0.05, 0.1) is 13.2 Å². The first-order valence-electron chi connectivity index (χ1n) is 11.5. The maximum Gasteiger partial charge on any atom is 0.330 e. The lowest BCUT2D eigenvalue weighted by Crippen LogP contribution is -2.47. The number of hydrogen-bond acceptors (Lipinski definition) is 6. The molecule has 1 fully saturated rings. The van der Waals surface area contributed by atoms with Gasteiger partial charge in [0.1, 0.15) is 11.6 Å². The van der Waals surface area contributed by atoms with Crippen LogP contribution in [0.2, 0.25) is 0 Å². The molecule has 3 aromatic rings. The summed E-state index contributed by atoms with van der Waals surface area (Å²) >= 11 is 0. The van der Waals surface area contributed by atoms with E-state index in [4.69, 9.17) is 4.74 Å². The zero-order chi connectivity index (χ0) is 24.0. The molecule has 1 saturated heterocycles. The number of unbranched alkanes of at least 4 members (excludes halogenated alkanes) is 1. The number of carbonyl (C=O) groups excluding carboxylic acids is 2. The number of ether oxygens (including phenoxy) is 1. The number of rotatable bonds is 6. The summed E-state index contributed by atoms with van der Waals surface area (Å²) < 4.78 is 8.78. The molecule has 1 unspecified atom stereocenters. The fourth-order valence-electron chi connectivity index (χ4n) is 4.86. The number of aromatic amines is 1. The minimum absolute atomic E-state index is 0.126. The molecule has 5 rings (SSSR count). The Hall–Kier alpha value is -3.89. The lowest BCUT2D eigenvalue weighted by atomic mass is 9.84. The average Bonchev–Trinajstić information content (AvgIpc) is 3.30. The van der Waals surface area contributed by atoms with Crippen molar-refractivity contribution in [3.8, 4) is 5.75 Å². The van der Waals surface area contributed by atoms with Gasteiger partial charge in [-0.2, -0.15) is 0 Å². The number of nitrogens with zero attached hydrogens (tertiary/aromatic N) is 4. The molecule has 178 valence electrons. The summed E-state index contributed by atoms with van der Waals surface area (Å²) in [5.74, 6) is 0.538. The molecule has 1 aromatic carbocycles. The summed E-state index contributed by atoms with van der Waals surface area (Å²) in [6.07, 6.45) is 1.92. The fourth-order valence-corrected chi connectivity index (χ4v) is 4.86. The third kappa shape index (κ3) is 3.14. The summed E-state index contributed by atoms with van der Waals surface area (Å²) in [4.78, 5) is 59.8. The number of urea groups is 1. The number of nitrogens with one attached hydrogen (secondary N) is 2. The molecule has 2 aliphatic heterocycles. The SMILES string of the molecule is CCCCn1c(=O)[nH]c(=O)c2c1nc(CN1C(=O)NC3(CCOc4ccccc43)C1=O)n2CC. The molecule has 11 heteroatoms. The molecule has 2 aliphatic rings. The van der Waals surface area contributed by atoms with Crippen LogP contribution in [-0.4, -0.2) is 42.5 Å². The van der Waals surface area contributed by atoms with E-state index >= 15 is 0 Å². The second kappa shape index (κ2) is 8.15. The summed E-state index contributed by atoms with van der Waals surface area (Å²) in [7, 11) is 0. The first-order chi connectivity index (χ1) is 16.4. The summed E-state index contributed by atoms with van der Waals surface area (Å²) in [5, 5.41) is 2.87. The normalized spacial score (nSPS) is 19.5. The number of amides is 3. The monoisotopic (exact) mass is 466 g/mol. The lowest BCUT2D eigenvalue weighted by Gasteiger charge is -2.33.